The Bertz CT molecular complexity index is 459. The van der Waals surface area contributed by atoms with E-state index in [0.29, 0.717) is 0 Å². The number of pyridine rings is 1. The number of nitrogens with one attached hydrogen (secondary N) is 1. The minimum absolute atomic E-state index is 0.418. The lowest BCUT2D eigenvalue weighted by molar-refractivity contribution is -0.272. The van der Waals surface area contributed by atoms with Crippen molar-refractivity contribution >= 4 is 23.2 Å². The van der Waals surface area contributed by atoms with E-state index in [1.807, 2.05) is 0 Å². The molecule has 0 fully saturated rings. The molecule has 0 aromatic carbocycles. The van der Waals surface area contributed by atoms with Crippen LogP contribution in [0.4, 0.5) is 32.0 Å². The monoisotopic (exact) mass is 306 g/mol. The fourth-order valence-electron chi connectivity index (χ4n) is 1.17. The Morgan fingerprint density at radius 2 is 1.74 bits per heavy atom. The van der Waals surface area contributed by atoms with Crippen LogP contribution in [0.1, 0.15) is 0 Å². The summed E-state index contributed by atoms with van der Waals surface area (Å²) in [7, 11) is 0. The summed E-state index contributed by atoms with van der Waals surface area (Å²) in [4.78, 5) is 14.5. The first-order valence-electron chi connectivity index (χ1n) is 4.58. The Morgan fingerprint density at radius 1 is 1.21 bits per heavy atom. The van der Waals surface area contributed by atoms with Crippen LogP contribution >= 0.6 is 11.6 Å². The van der Waals surface area contributed by atoms with Crippen molar-refractivity contribution in [2.45, 2.75) is 12.4 Å². The van der Waals surface area contributed by atoms with Crippen LogP contribution in [0.3, 0.4) is 0 Å². The molecular weight excluding hydrogens is 302 g/mol. The van der Waals surface area contributed by atoms with Gasteiger partial charge >= 0.3 is 12.4 Å². The molecule has 1 aromatic heterocycles. The molecule has 0 aliphatic heterocycles. The summed E-state index contributed by atoms with van der Waals surface area (Å²) in [5, 5.41) is 1.03. The summed E-state index contributed by atoms with van der Waals surface area (Å²) in [5.74, 6) is -6.40. The van der Waals surface area contributed by atoms with Crippen molar-refractivity contribution in [3.05, 3.63) is 23.5 Å². The lowest BCUT2D eigenvalue weighted by Gasteiger charge is -2.22. The second-order valence-corrected chi connectivity index (χ2v) is 3.71. The number of rotatable bonds is 2. The topological polar surface area (TPSA) is 42.0 Å². The van der Waals surface area contributed by atoms with Gasteiger partial charge in [0, 0.05) is 6.20 Å². The molecule has 10 heteroatoms. The lowest BCUT2D eigenvalue weighted by Crippen LogP contribution is -2.45. The molecule has 0 saturated carbocycles. The van der Waals surface area contributed by atoms with Crippen molar-refractivity contribution in [1.82, 2.24) is 4.98 Å². The minimum Gasteiger partial charge on any atom is -0.323 e. The Morgan fingerprint density at radius 3 is 2.16 bits per heavy atom. The first-order valence-corrected chi connectivity index (χ1v) is 4.96. The van der Waals surface area contributed by atoms with Gasteiger partial charge in [0.2, 0.25) is 11.8 Å². The molecule has 0 aliphatic rings. The van der Waals surface area contributed by atoms with Crippen LogP contribution < -0.4 is 5.32 Å². The molecule has 1 amide bonds. The molecule has 1 aromatic rings. The Balaban J connectivity index is 3.01. The maximum atomic E-state index is 12.2. The Hall–Kier alpha value is -1.51. The van der Waals surface area contributed by atoms with E-state index in [0.717, 1.165) is 12.3 Å². The highest BCUT2D eigenvalue weighted by atomic mass is 35.5. The molecule has 0 spiro atoms. The van der Waals surface area contributed by atoms with Crippen LogP contribution in [-0.4, -0.2) is 23.2 Å². The van der Waals surface area contributed by atoms with Gasteiger partial charge in [-0.25, -0.2) is 4.98 Å². The van der Waals surface area contributed by atoms with Crippen molar-refractivity contribution < 1.29 is 31.1 Å². The SMILES string of the molecule is O=C(Nc1cccnc1Cl)C(C(F)(F)F)C(F)(F)F. The van der Waals surface area contributed by atoms with Gasteiger partial charge in [-0.3, -0.25) is 4.79 Å². The number of halogens is 7. The maximum Gasteiger partial charge on any atom is 0.409 e. The van der Waals surface area contributed by atoms with Gasteiger partial charge in [0.05, 0.1) is 5.69 Å². The Labute approximate surface area is 107 Å². The largest absolute Gasteiger partial charge is 0.409 e. The van der Waals surface area contributed by atoms with Gasteiger partial charge in [0.15, 0.2) is 5.15 Å². The highest BCUT2D eigenvalue weighted by Gasteiger charge is 2.61. The van der Waals surface area contributed by atoms with Gasteiger partial charge < -0.3 is 5.32 Å². The molecular formula is C9H5ClF6N2O. The highest BCUT2D eigenvalue weighted by molar-refractivity contribution is 6.32. The quantitative estimate of drug-likeness (QED) is 0.672. The van der Waals surface area contributed by atoms with Gasteiger partial charge in [-0.2, -0.15) is 26.3 Å². The van der Waals surface area contributed by atoms with E-state index < -0.39 is 35.0 Å². The van der Waals surface area contributed by atoms with Crippen molar-refractivity contribution in [3.8, 4) is 0 Å². The molecule has 0 aliphatic carbocycles. The van der Waals surface area contributed by atoms with E-state index in [4.69, 9.17) is 11.6 Å². The van der Waals surface area contributed by atoms with Crippen LogP contribution in [-0.2, 0) is 4.79 Å². The highest BCUT2D eigenvalue weighted by Crippen LogP contribution is 2.40. The Kier molecular flexibility index (Phi) is 4.28. The second-order valence-electron chi connectivity index (χ2n) is 3.35. The number of anilines is 1. The van der Waals surface area contributed by atoms with E-state index in [9.17, 15) is 31.1 Å². The molecule has 0 saturated heterocycles. The number of carbonyl (C=O) groups is 1. The fourth-order valence-corrected chi connectivity index (χ4v) is 1.33. The van der Waals surface area contributed by atoms with Crippen LogP contribution in [0.25, 0.3) is 0 Å². The molecule has 0 bridgehead atoms. The first kappa shape index (κ1) is 15.5. The molecule has 0 unspecified atom stereocenters. The fraction of sp³-hybridized carbons (Fsp3) is 0.333. The van der Waals surface area contributed by atoms with E-state index in [2.05, 4.69) is 4.98 Å². The number of amides is 1. The summed E-state index contributed by atoms with van der Waals surface area (Å²) in [6.45, 7) is 0. The summed E-state index contributed by atoms with van der Waals surface area (Å²) in [6.07, 6.45) is -10.4. The molecule has 3 nitrogen and oxygen atoms in total. The van der Waals surface area contributed by atoms with Gasteiger partial charge in [0.25, 0.3) is 0 Å². The number of nitrogens with zero attached hydrogens (tertiary/aromatic N) is 1. The molecule has 1 heterocycles. The van der Waals surface area contributed by atoms with Gasteiger partial charge in [0.1, 0.15) is 0 Å². The van der Waals surface area contributed by atoms with Crippen molar-refractivity contribution in [1.29, 1.82) is 0 Å². The average molecular weight is 307 g/mol. The van der Waals surface area contributed by atoms with Gasteiger partial charge in [-0.1, -0.05) is 11.6 Å². The van der Waals surface area contributed by atoms with E-state index in [1.54, 1.807) is 0 Å². The third-order valence-electron chi connectivity index (χ3n) is 1.93. The van der Waals surface area contributed by atoms with Crippen molar-refractivity contribution in [2.75, 3.05) is 5.32 Å². The summed E-state index contributed by atoms with van der Waals surface area (Å²) < 4.78 is 73.4. The summed E-state index contributed by atoms with van der Waals surface area (Å²) >= 11 is 5.41. The molecule has 1 N–H and O–H groups in total. The smallest absolute Gasteiger partial charge is 0.323 e. The predicted octanol–water partition coefficient (Wildman–Crippen LogP) is 3.41. The minimum atomic E-state index is -5.75. The molecule has 1 rings (SSSR count). The maximum absolute atomic E-state index is 12.2. The number of alkyl halides is 6. The van der Waals surface area contributed by atoms with Crippen LogP contribution in [0.15, 0.2) is 18.3 Å². The van der Waals surface area contributed by atoms with Crippen molar-refractivity contribution in [2.24, 2.45) is 5.92 Å². The van der Waals surface area contributed by atoms with Crippen molar-refractivity contribution in [3.63, 3.8) is 0 Å². The second kappa shape index (κ2) is 5.24. The molecule has 0 atom stereocenters. The molecule has 19 heavy (non-hydrogen) atoms. The number of hydrogen-bond acceptors (Lipinski definition) is 2. The number of carbonyl (C=O) groups excluding carboxylic acids is 1. The van der Waals surface area contributed by atoms with Crippen LogP contribution in [0.5, 0.6) is 0 Å². The van der Waals surface area contributed by atoms with E-state index >= 15 is 0 Å². The zero-order valence-electron chi connectivity index (χ0n) is 8.81. The van der Waals surface area contributed by atoms with Gasteiger partial charge in [-0.05, 0) is 12.1 Å². The predicted molar refractivity (Wildman–Crippen MR) is 53.5 cm³/mol. The first-order chi connectivity index (χ1) is 8.53. The third kappa shape index (κ3) is 3.98. The lowest BCUT2D eigenvalue weighted by atomic mass is 10.1. The van der Waals surface area contributed by atoms with Crippen LogP contribution in [0, 0.1) is 5.92 Å². The zero-order chi connectivity index (χ0) is 14.8. The van der Waals surface area contributed by atoms with E-state index in [1.165, 1.54) is 11.4 Å². The summed E-state index contributed by atoms with van der Waals surface area (Å²) in [5.41, 5.74) is -0.437. The number of hydrogen-bond donors (Lipinski definition) is 1. The number of aromatic nitrogens is 1. The van der Waals surface area contributed by atoms with Crippen LogP contribution in [0.2, 0.25) is 5.15 Å². The third-order valence-corrected chi connectivity index (χ3v) is 2.23. The average Bonchev–Trinajstić information content (AvgIpc) is 2.16. The molecule has 0 radical (unpaired) electrons. The zero-order valence-corrected chi connectivity index (χ0v) is 9.57. The van der Waals surface area contributed by atoms with Gasteiger partial charge in [-0.15, -0.1) is 0 Å². The summed E-state index contributed by atoms with van der Waals surface area (Å²) in [6, 6.07) is 2.22. The molecule has 106 valence electrons. The normalized spacial score (nSPS) is 12.6. The standard InChI is InChI=1S/C9H5ClF6N2O/c10-6-4(2-1-3-17-6)18-7(19)5(8(11,12)13)9(14,15)16/h1-3,5H,(H,18,19). The van der Waals surface area contributed by atoms with E-state index in [-0.39, 0.29) is 0 Å².